The van der Waals surface area contributed by atoms with Gasteiger partial charge in [-0.25, -0.2) is 10.1 Å². The van der Waals surface area contributed by atoms with Crippen LogP contribution in [0.1, 0.15) is 36.6 Å². The third-order valence-corrected chi connectivity index (χ3v) is 4.29. The molecule has 0 aliphatic rings. The summed E-state index contributed by atoms with van der Waals surface area (Å²) in [5.74, 6) is -1.03. The van der Waals surface area contributed by atoms with Gasteiger partial charge in [0.05, 0.1) is 11.1 Å². The van der Waals surface area contributed by atoms with Crippen LogP contribution < -0.4 is 10.4 Å². The Labute approximate surface area is 159 Å². The van der Waals surface area contributed by atoms with Crippen LogP contribution in [0, 0.1) is 0 Å². The van der Waals surface area contributed by atoms with Gasteiger partial charge in [-0.05, 0) is 18.1 Å². The van der Waals surface area contributed by atoms with Crippen molar-refractivity contribution in [3.8, 4) is 5.82 Å². The number of alkyl halides is 6. The van der Waals surface area contributed by atoms with Gasteiger partial charge in [0, 0.05) is 5.69 Å². The van der Waals surface area contributed by atoms with Gasteiger partial charge >= 0.3 is 18.2 Å². The minimum absolute atomic E-state index is 0.166. The third-order valence-electron chi connectivity index (χ3n) is 4.01. The summed E-state index contributed by atoms with van der Waals surface area (Å²) >= 11 is 5.88. The van der Waals surface area contributed by atoms with E-state index in [9.17, 15) is 26.3 Å². The smallest absolute Gasteiger partial charge is 0.316 e. The van der Waals surface area contributed by atoms with E-state index in [-0.39, 0.29) is 23.1 Å². The molecule has 0 aliphatic heterocycles. The molecule has 3 heterocycles. The second kappa shape index (κ2) is 6.50. The van der Waals surface area contributed by atoms with Crippen molar-refractivity contribution in [1.82, 2.24) is 15.1 Å². The Morgan fingerprint density at radius 1 is 1.11 bits per heavy atom. The lowest BCUT2D eigenvalue weighted by atomic mass is 10.0. The SMILES string of the molecule is CC(C)c1cc(C(F)(F)F)c2c(N)[n+](-c3ncc(C(F)(F)F)cc3Cl)[nH]c2n1. The van der Waals surface area contributed by atoms with Gasteiger partial charge in [0.25, 0.3) is 5.82 Å². The van der Waals surface area contributed by atoms with E-state index in [0.717, 1.165) is 10.7 Å². The van der Waals surface area contributed by atoms with Crippen LogP contribution in [0.5, 0.6) is 0 Å². The van der Waals surface area contributed by atoms with Crippen LogP contribution in [0.4, 0.5) is 32.2 Å². The summed E-state index contributed by atoms with van der Waals surface area (Å²) < 4.78 is 79.8. The minimum Gasteiger partial charge on any atom is -0.316 e. The molecule has 28 heavy (non-hydrogen) atoms. The van der Waals surface area contributed by atoms with Gasteiger partial charge in [0.15, 0.2) is 5.65 Å². The first kappa shape index (κ1) is 20.2. The summed E-state index contributed by atoms with van der Waals surface area (Å²) in [4.78, 5) is 7.75. The maximum atomic E-state index is 13.5. The molecule has 0 spiro atoms. The Morgan fingerprint density at radius 3 is 2.25 bits per heavy atom. The van der Waals surface area contributed by atoms with Gasteiger partial charge in [-0.3, -0.25) is 0 Å². The Kier molecular flexibility index (Phi) is 4.69. The highest BCUT2D eigenvalue weighted by molar-refractivity contribution is 6.31. The summed E-state index contributed by atoms with van der Waals surface area (Å²) in [6.45, 7) is 3.34. The maximum Gasteiger partial charge on any atom is 0.419 e. The van der Waals surface area contributed by atoms with Crippen molar-refractivity contribution in [3.05, 3.63) is 40.2 Å². The number of halogens is 7. The van der Waals surface area contributed by atoms with Crippen molar-refractivity contribution in [2.75, 3.05) is 5.73 Å². The number of rotatable bonds is 2. The molecule has 150 valence electrons. The number of anilines is 1. The van der Waals surface area contributed by atoms with E-state index in [1.54, 1.807) is 13.8 Å². The van der Waals surface area contributed by atoms with E-state index in [4.69, 9.17) is 17.3 Å². The van der Waals surface area contributed by atoms with E-state index in [0.29, 0.717) is 12.3 Å². The second-order valence-corrected chi connectivity index (χ2v) is 6.74. The fourth-order valence-corrected chi connectivity index (χ4v) is 2.87. The van der Waals surface area contributed by atoms with E-state index in [2.05, 4.69) is 15.1 Å². The molecule has 5 nitrogen and oxygen atoms in total. The summed E-state index contributed by atoms with van der Waals surface area (Å²) in [5.41, 5.74) is 3.72. The van der Waals surface area contributed by atoms with E-state index in [1.165, 1.54) is 0 Å². The molecule has 0 unspecified atom stereocenters. The first-order valence-electron chi connectivity index (χ1n) is 7.85. The first-order chi connectivity index (χ1) is 12.8. The number of hydrogen-bond acceptors (Lipinski definition) is 3. The van der Waals surface area contributed by atoms with Crippen LogP contribution in [-0.2, 0) is 12.4 Å². The van der Waals surface area contributed by atoms with E-state index >= 15 is 0 Å². The number of nitrogens with one attached hydrogen (secondary N) is 1. The molecule has 0 aliphatic carbocycles. The molecule has 12 heteroatoms. The van der Waals surface area contributed by atoms with Crippen LogP contribution in [0.25, 0.3) is 16.9 Å². The third kappa shape index (κ3) is 3.46. The fraction of sp³-hybridized carbons (Fsp3) is 0.312. The van der Waals surface area contributed by atoms with Crippen LogP contribution in [0.15, 0.2) is 18.3 Å². The van der Waals surface area contributed by atoms with Crippen molar-refractivity contribution in [2.45, 2.75) is 32.1 Å². The predicted octanol–water partition coefficient (Wildman–Crippen LogP) is 4.63. The minimum atomic E-state index is -4.73. The first-order valence-corrected chi connectivity index (χ1v) is 8.23. The molecule has 0 amide bonds. The van der Waals surface area contributed by atoms with Crippen molar-refractivity contribution in [3.63, 3.8) is 0 Å². The highest BCUT2D eigenvalue weighted by atomic mass is 35.5. The molecule has 0 radical (unpaired) electrons. The average molecular weight is 425 g/mol. The molecule has 0 aromatic carbocycles. The monoisotopic (exact) mass is 424 g/mol. The molecule has 0 saturated carbocycles. The molecular formula is C16H13ClF6N5+. The van der Waals surface area contributed by atoms with Gasteiger partial charge in [-0.15, -0.1) is 9.67 Å². The summed E-state index contributed by atoms with van der Waals surface area (Å²) in [7, 11) is 0. The Hall–Kier alpha value is -2.56. The number of aromatic amines is 1. The van der Waals surface area contributed by atoms with Crippen LogP contribution in [0.3, 0.4) is 0 Å². The van der Waals surface area contributed by atoms with Gasteiger partial charge in [0.1, 0.15) is 16.6 Å². The highest BCUT2D eigenvalue weighted by Gasteiger charge is 2.38. The average Bonchev–Trinajstić information content (AvgIpc) is 2.89. The molecule has 0 bridgehead atoms. The molecule has 3 aromatic rings. The zero-order chi connectivity index (χ0) is 21.0. The number of pyridine rings is 2. The molecule has 3 N–H and O–H groups in total. The quantitative estimate of drug-likeness (QED) is 0.465. The molecule has 0 atom stereocenters. The van der Waals surface area contributed by atoms with Crippen LogP contribution >= 0.6 is 11.6 Å². The molecular weight excluding hydrogens is 412 g/mol. The van der Waals surface area contributed by atoms with Crippen LogP contribution in [0.2, 0.25) is 5.02 Å². The Balaban J connectivity index is 2.28. The summed E-state index contributed by atoms with van der Waals surface area (Å²) in [6, 6.07) is 1.50. The Morgan fingerprint density at radius 2 is 1.75 bits per heavy atom. The number of H-pyrrole nitrogens is 1. The molecule has 3 rings (SSSR count). The molecule has 3 aromatic heterocycles. The molecule has 0 saturated heterocycles. The number of nitrogens with two attached hydrogens (primary N) is 1. The lowest BCUT2D eigenvalue weighted by Gasteiger charge is -2.11. The predicted molar refractivity (Wildman–Crippen MR) is 88.9 cm³/mol. The van der Waals surface area contributed by atoms with E-state index in [1.807, 2.05) is 0 Å². The summed E-state index contributed by atoms with van der Waals surface area (Å²) in [6.07, 6.45) is -8.89. The van der Waals surface area contributed by atoms with E-state index < -0.39 is 39.7 Å². The number of fused-ring (bicyclic) bond motifs is 1. The second-order valence-electron chi connectivity index (χ2n) is 6.33. The summed E-state index contributed by atoms with van der Waals surface area (Å²) in [5, 5.41) is 1.67. The van der Waals surface area contributed by atoms with Gasteiger partial charge in [-0.2, -0.15) is 26.3 Å². The number of aromatic nitrogens is 4. The number of nitrogen functional groups attached to an aromatic ring is 1. The van der Waals surface area contributed by atoms with Crippen molar-refractivity contribution >= 4 is 28.5 Å². The fourth-order valence-electron chi connectivity index (χ4n) is 2.62. The zero-order valence-electron chi connectivity index (χ0n) is 14.4. The van der Waals surface area contributed by atoms with Crippen molar-refractivity contribution in [1.29, 1.82) is 0 Å². The van der Waals surface area contributed by atoms with Crippen LogP contribution in [-0.4, -0.2) is 15.1 Å². The largest absolute Gasteiger partial charge is 0.419 e. The van der Waals surface area contributed by atoms with Crippen molar-refractivity contribution in [2.24, 2.45) is 0 Å². The van der Waals surface area contributed by atoms with Gasteiger partial charge in [0.2, 0.25) is 0 Å². The highest BCUT2D eigenvalue weighted by Crippen LogP contribution is 2.38. The normalized spacial score (nSPS) is 12.9. The zero-order valence-corrected chi connectivity index (χ0v) is 15.1. The van der Waals surface area contributed by atoms with Gasteiger partial charge in [-0.1, -0.05) is 25.4 Å². The topological polar surface area (TPSA) is 71.5 Å². The lowest BCUT2D eigenvalue weighted by molar-refractivity contribution is -0.642. The lowest BCUT2D eigenvalue weighted by Crippen LogP contribution is -2.37. The van der Waals surface area contributed by atoms with Crippen molar-refractivity contribution < 1.29 is 31.0 Å². The maximum absolute atomic E-state index is 13.5. The standard InChI is InChI=1S/C16H12ClF6N5/c1-6(2)10-4-8(16(21,22)23)11-12(24)28(27-13(11)26-10)14-9(17)3-7(5-25-14)15(18,19)20/h3-6H,1-2H3,(H2,24,26,27)/p+1. The van der Waals surface area contributed by atoms with Gasteiger partial charge < -0.3 is 5.73 Å². The Bertz CT molecular complexity index is 1050. The number of nitrogens with zero attached hydrogens (tertiary/aromatic N) is 3. The molecule has 0 fully saturated rings. The number of hydrogen-bond donors (Lipinski definition) is 2.